The average molecular weight is 618 g/mol. The Labute approximate surface area is 264 Å². The van der Waals surface area contributed by atoms with Gasteiger partial charge in [0.2, 0.25) is 0 Å². The molecule has 0 saturated carbocycles. The molecule has 0 N–H and O–H groups in total. The lowest BCUT2D eigenvalue weighted by Crippen LogP contribution is -2.43. The average Bonchev–Trinajstić information content (AvgIpc) is 2.95. The summed E-state index contributed by atoms with van der Waals surface area (Å²) in [6.07, 6.45) is 37.1. The predicted molar refractivity (Wildman–Crippen MR) is 182 cm³/mol. The Kier molecular flexibility index (Phi) is 31.1. The number of unbranched alkanes of at least 4 members (excludes halogenated alkanes) is 26. The van der Waals surface area contributed by atoms with Gasteiger partial charge >= 0.3 is 0 Å². The van der Waals surface area contributed by atoms with Gasteiger partial charge in [0.05, 0.1) is 27.2 Å². The van der Waals surface area contributed by atoms with Gasteiger partial charge in [-0.25, -0.2) is 0 Å². The predicted octanol–water partition coefficient (Wildman–Crippen LogP) is 11.5. The lowest BCUT2D eigenvalue weighted by molar-refractivity contribution is -0.890. The van der Waals surface area contributed by atoms with E-state index in [1.165, 1.54) is 161 Å². The van der Waals surface area contributed by atoms with Crippen LogP contribution in [0.15, 0.2) is 0 Å². The monoisotopic (exact) mass is 618 g/mol. The molecule has 0 bridgehead atoms. The zero-order valence-corrected chi connectivity index (χ0v) is 30.0. The van der Waals surface area contributed by atoms with Crippen LogP contribution in [0.3, 0.4) is 0 Å². The van der Waals surface area contributed by atoms with Crippen LogP contribution in [-0.2, 0) is 13.6 Å². The van der Waals surface area contributed by atoms with E-state index in [2.05, 4.69) is 27.9 Å². The van der Waals surface area contributed by atoms with Gasteiger partial charge in [0.15, 0.2) is 0 Å². The van der Waals surface area contributed by atoms with Gasteiger partial charge in [-0.05, 0) is 19.3 Å². The minimum absolute atomic E-state index is 0.200. The Morgan fingerprint density at radius 2 is 0.714 bits per heavy atom. The molecular formula is C36H76NO4P. The van der Waals surface area contributed by atoms with Crippen LogP contribution in [0.2, 0.25) is 0 Å². The molecule has 254 valence electrons. The normalized spacial score (nSPS) is 13.5. The molecule has 0 rings (SSSR count). The SMILES string of the molecule is CCCCCCCCCCCCCCCCOP(=O)([O-])OCC[N+](C)(C)CCCCCCCCCCCCCCCC. The summed E-state index contributed by atoms with van der Waals surface area (Å²) >= 11 is 0. The molecular weight excluding hydrogens is 541 g/mol. The first-order valence-corrected chi connectivity index (χ1v) is 20.2. The molecule has 1 unspecified atom stereocenters. The fraction of sp³-hybridized carbons (Fsp3) is 1.00. The molecule has 5 nitrogen and oxygen atoms in total. The van der Waals surface area contributed by atoms with E-state index in [0.717, 1.165) is 30.3 Å². The molecule has 42 heavy (non-hydrogen) atoms. The van der Waals surface area contributed by atoms with Gasteiger partial charge < -0.3 is 18.4 Å². The van der Waals surface area contributed by atoms with E-state index >= 15 is 0 Å². The largest absolute Gasteiger partial charge is 0.756 e. The van der Waals surface area contributed by atoms with E-state index in [-0.39, 0.29) is 13.2 Å². The second-order valence-electron chi connectivity index (χ2n) is 13.7. The van der Waals surface area contributed by atoms with Crippen LogP contribution in [0, 0.1) is 0 Å². The smallest absolute Gasteiger partial charge is 0.268 e. The molecule has 0 spiro atoms. The quantitative estimate of drug-likeness (QED) is 0.0403. The van der Waals surface area contributed by atoms with Crippen LogP contribution < -0.4 is 4.89 Å². The van der Waals surface area contributed by atoms with Crippen LogP contribution in [0.25, 0.3) is 0 Å². The number of hydrogen-bond acceptors (Lipinski definition) is 4. The van der Waals surface area contributed by atoms with Crippen molar-refractivity contribution in [1.29, 1.82) is 0 Å². The molecule has 0 amide bonds. The van der Waals surface area contributed by atoms with E-state index in [1.54, 1.807) is 0 Å². The standard InChI is InChI=1S/C36H76NO4P/c1-5-7-9-11-13-15-17-19-21-23-25-27-29-31-33-37(3,4)34-36-41-42(38,39)40-35-32-30-28-26-24-22-20-18-16-14-12-10-8-6-2/h5-36H2,1-4H3. The Hall–Kier alpha value is 0.0700. The number of nitrogens with zero attached hydrogens (tertiary/aromatic N) is 1. The highest BCUT2D eigenvalue weighted by molar-refractivity contribution is 7.45. The van der Waals surface area contributed by atoms with E-state index in [9.17, 15) is 9.46 Å². The fourth-order valence-corrected chi connectivity index (χ4v) is 6.49. The van der Waals surface area contributed by atoms with Crippen molar-refractivity contribution in [3.05, 3.63) is 0 Å². The minimum atomic E-state index is -4.19. The lowest BCUT2D eigenvalue weighted by Gasteiger charge is -2.31. The topological polar surface area (TPSA) is 58.6 Å². The highest BCUT2D eigenvalue weighted by Gasteiger charge is 2.17. The minimum Gasteiger partial charge on any atom is -0.756 e. The van der Waals surface area contributed by atoms with Crippen molar-refractivity contribution in [3.63, 3.8) is 0 Å². The molecule has 0 aliphatic rings. The molecule has 0 aromatic carbocycles. The maximum absolute atomic E-state index is 12.1. The summed E-state index contributed by atoms with van der Waals surface area (Å²) in [5.41, 5.74) is 0. The van der Waals surface area contributed by atoms with Crippen molar-refractivity contribution in [2.45, 2.75) is 194 Å². The lowest BCUT2D eigenvalue weighted by atomic mass is 10.0. The van der Waals surface area contributed by atoms with E-state index < -0.39 is 7.82 Å². The molecule has 0 radical (unpaired) electrons. The summed E-state index contributed by atoms with van der Waals surface area (Å²) in [4.78, 5) is 12.1. The second kappa shape index (κ2) is 31.1. The summed E-state index contributed by atoms with van der Waals surface area (Å²) in [7, 11) is 0.140. The summed E-state index contributed by atoms with van der Waals surface area (Å²) in [5, 5.41) is 0. The van der Waals surface area contributed by atoms with Crippen LogP contribution in [0.4, 0.5) is 0 Å². The molecule has 6 heteroatoms. The summed E-state index contributed by atoms with van der Waals surface area (Å²) in [6, 6.07) is 0. The zero-order chi connectivity index (χ0) is 31.0. The van der Waals surface area contributed by atoms with Gasteiger partial charge in [-0.3, -0.25) is 4.57 Å². The summed E-state index contributed by atoms with van der Waals surface area (Å²) in [6.45, 7) is 6.75. The third kappa shape index (κ3) is 33.0. The van der Waals surface area contributed by atoms with Crippen molar-refractivity contribution in [1.82, 2.24) is 0 Å². The third-order valence-electron chi connectivity index (χ3n) is 8.81. The maximum Gasteiger partial charge on any atom is 0.268 e. The van der Waals surface area contributed by atoms with Gasteiger partial charge in [-0.1, -0.05) is 174 Å². The van der Waals surface area contributed by atoms with Crippen molar-refractivity contribution in [2.75, 3.05) is 40.4 Å². The van der Waals surface area contributed by atoms with E-state index in [4.69, 9.17) is 9.05 Å². The van der Waals surface area contributed by atoms with Gasteiger partial charge in [0.25, 0.3) is 7.82 Å². The molecule has 0 aliphatic heterocycles. The van der Waals surface area contributed by atoms with Crippen molar-refractivity contribution in [2.24, 2.45) is 0 Å². The van der Waals surface area contributed by atoms with Crippen molar-refractivity contribution in [3.8, 4) is 0 Å². The first kappa shape index (κ1) is 42.1. The Bertz CT molecular complexity index is 587. The molecule has 0 heterocycles. The third-order valence-corrected chi connectivity index (χ3v) is 9.81. The molecule has 0 aromatic heterocycles. The van der Waals surface area contributed by atoms with Gasteiger partial charge in [-0.2, -0.15) is 0 Å². The van der Waals surface area contributed by atoms with Crippen LogP contribution in [-0.4, -0.2) is 44.9 Å². The van der Waals surface area contributed by atoms with Crippen molar-refractivity contribution < 1.29 is 23.0 Å². The maximum atomic E-state index is 12.1. The van der Waals surface area contributed by atoms with Crippen LogP contribution in [0.1, 0.15) is 194 Å². The highest BCUT2D eigenvalue weighted by Crippen LogP contribution is 2.38. The van der Waals surface area contributed by atoms with Gasteiger partial charge in [0, 0.05) is 0 Å². The molecule has 0 fully saturated rings. The number of hydrogen-bond donors (Lipinski definition) is 0. The van der Waals surface area contributed by atoms with Crippen molar-refractivity contribution >= 4 is 7.82 Å². The zero-order valence-electron chi connectivity index (χ0n) is 29.2. The first-order chi connectivity index (χ1) is 20.3. The van der Waals surface area contributed by atoms with E-state index in [0.29, 0.717) is 6.54 Å². The Morgan fingerprint density at radius 3 is 1.07 bits per heavy atom. The van der Waals surface area contributed by atoms with E-state index in [1.807, 2.05) is 0 Å². The van der Waals surface area contributed by atoms with Crippen LogP contribution in [0.5, 0.6) is 0 Å². The fourth-order valence-electron chi connectivity index (χ4n) is 5.76. The highest BCUT2D eigenvalue weighted by atomic mass is 31.2. The van der Waals surface area contributed by atoms with Gasteiger partial charge in [0.1, 0.15) is 13.2 Å². The molecule has 0 aromatic rings. The molecule has 0 aliphatic carbocycles. The summed E-state index contributed by atoms with van der Waals surface area (Å²) < 4.78 is 23.2. The first-order valence-electron chi connectivity index (χ1n) is 18.7. The molecule has 0 saturated heterocycles. The van der Waals surface area contributed by atoms with Crippen LogP contribution >= 0.6 is 7.82 Å². The molecule has 1 atom stereocenters. The Morgan fingerprint density at radius 1 is 0.429 bits per heavy atom. The number of phosphoric acid groups is 1. The number of phosphoric ester groups is 1. The number of rotatable bonds is 35. The number of quaternary nitrogens is 1. The second-order valence-corrected chi connectivity index (χ2v) is 15.1. The van der Waals surface area contributed by atoms with Gasteiger partial charge in [-0.15, -0.1) is 0 Å². The summed E-state index contributed by atoms with van der Waals surface area (Å²) in [5.74, 6) is 0. The number of likely N-dealkylation sites (N-methyl/N-ethyl adjacent to an activating group) is 1. The Balaban J connectivity index is 3.52.